The molecule has 0 saturated heterocycles. The van der Waals surface area contributed by atoms with Gasteiger partial charge in [0, 0.05) is 19.3 Å². The van der Waals surface area contributed by atoms with Crippen molar-refractivity contribution in [2.75, 3.05) is 13.2 Å². The summed E-state index contributed by atoms with van der Waals surface area (Å²) < 4.78 is 16.7. The minimum atomic E-state index is -0.838. The predicted octanol–water partition coefficient (Wildman–Crippen LogP) is 18.6. The number of carbonyl (C=O) groups excluding carboxylic acids is 3. The van der Waals surface area contributed by atoms with Crippen LogP contribution in [0.5, 0.6) is 0 Å². The van der Waals surface area contributed by atoms with E-state index in [4.69, 9.17) is 14.2 Å². The lowest BCUT2D eigenvalue weighted by molar-refractivity contribution is -0.166. The van der Waals surface area contributed by atoms with E-state index in [1.807, 2.05) is 12.2 Å². The van der Waals surface area contributed by atoms with Gasteiger partial charge in [-0.05, 0) is 128 Å². The Morgan fingerprint density at radius 1 is 0.286 bits per heavy atom. The van der Waals surface area contributed by atoms with Crippen LogP contribution >= 0.6 is 0 Å². The molecule has 0 N–H and O–H groups in total. The van der Waals surface area contributed by atoms with Crippen LogP contribution in [-0.4, -0.2) is 37.2 Å². The summed E-state index contributed by atoms with van der Waals surface area (Å²) in [5.74, 6) is -1.07. The van der Waals surface area contributed by atoms with Crippen LogP contribution in [0.15, 0.2) is 158 Å². The van der Waals surface area contributed by atoms with E-state index in [9.17, 15) is 14.4 Å². The summed E-state index contributed by atoms with van der Waals surface area (Å²) in [6, 6.07) is 0. The maximum absolute atomic E-state index is 12.8. The van der Waals surface area contributed by atoms with Crippen LogP contribution in [0.25, 0.3) is 0 Å². The lowest BCUT2D eigenvalue weighted by Crippen LogP contribution is -2.30. The lowest BCUT2D eigenvalue weighted by atomic mass is 10.1. The lowest BCUT2D eigenvalue weighted by Gasteiger charge is -2.18. The van der Waals surface area contributed by atoms with Crippen LogP contribution in [0.3, 0.4) is 0 Å². The van der Waals surface area contributed by atoms with E-state index in [1.165, 1.54) is 25.7 Å². The van der Waals surface area contributed by atoms with Gasteiger partial charge in [-0.2, -0.15) is 0 Å². The molecule has 0 amide bonds. The first-order valence-corrected chi connectivity index (χ1v) is 27.5. The number of allylic oxidation sites excluding steroid dienone is 26. The van der Waals surface area contributed by atoms with Crippen LogP contribution in [-0.2, 0) is 28.6 Å². The zero-order chi connectivity index (χ0) is 50.7. The molecule has 0 bridgehead atoms. The molecule has 1 atom stereocenters. The Kier molecular flexibility index (Phi) is 52.6. The molecule has 390 valence electrons. The van der Waals surface area contributed by atoms with Gasteiger partial charge in [-0.1, -0.05) is 217 Å². The van der Waals surface area contributed by atoms with E-state index < -0.39 is 6.10 Å². The summed E-state index contributed by atoms with van der Waals surface area (Å²) in [6.45, 7) is 6.18. The van der Waals surface area contributed by atoms with Crippen molar-refractivity contribution in [2.24, 2.45) is 0 Å². The summed E-state index contributed by atoms with van der Waals surface area (Å²) in [5, 5.41) is 0. The molecule has 0 aromatic rings. The molecule has 0 rings (SSSR count). The van der Waals surface area contributed by atoms with Crippen molar-refractivity contribution in [3.63, 3.8) is 0 Å². The van der Waals surface area contributed by atoms with Crippen molar-refractivity contribution in [1.82, 2.24) is 0 Å². The normalized spacial score (nSPS) is 13.4. The van der Waals surface area contributed by atoms with Gasteiger partial charge in [0.1, 0.15) is 13.2 Å². The third-order valence-corrected chi connectivity index (χ3v) is 10.8. The Balaban J connectivity index is 4.61. The fraction of sp³-hybridized carbons (Fsp3) is 0.547. The highest BCUT2D eigenvalue weighted by molar-refractivity contribution is 5.71. The molecule has 1 unspecified atom stereocenters. The SMILES string of the molecule is CC/C=C\C/C=C\C/C=C\C/C=C\C/C=C\C/C=C\CCC(=O)OCC(COC(=O)CCCCCCCCC/C=C\C/C=C\CC)OC(=O)CCCCC/C=C\C/C=C\C/C=C\C/C=C\C/C=C\CC. The number of hydrogen-bond acceptors (Lipinski definition) is 6. The largest absolute Gasteiger partial charge is 0.462 e. The van der Waals surface area contributed by atoms with Gasteiger partial charge in [-0.25, -0.2) is 0 Å². The molecule has 0 aromatic heterocycles. The van der Waals surface area contributed by atoms with Crippen molar-refractivity contribution in [2.45, 2.75) is 213 Å². The molecule has 6 nitrogen and oxygen atoms in total. The highest BCUT2D eigenvalue weighted by Crippen LogP contribution is 2.12. The van der Waals surface area contributed by atoms with Gasteiger partial charge in [-0.15, -0.1) is 0 Å². The number of hydrogen-bond donors (Lipinski definition) is 0. The summed E-state index contributed by atoms with van der Waals surface area (Å²) in [7, 11) is 0. The number of carbonyl (C=O) groups is 3. The fourth-order valence-corrected chi connectivity index (χ4v) is 6.77. The first kappa shape index (κ1) is 65.0. The third kappa shape index (κ3) is 54.0. The second-order valence-corrected chi connectivity index (χ2v) is 17.3. The summed E-state index contributed by atoms with van der Waals surface area (Å²) in [5.41, 5.74) is 0. The third-order valence-electron chi connectivity index (χ3n) is 10.8. The molecule has 0 aromatic carbocycles. The second-order valence-electron chi connectivity index (χ2n) is 17.3. The maximum Gasteiger partial charge on any atom is 0.306 e. The molecular formula is C64H98O6. The number of rotatable bonds is 47. The minimum absolute atomic E-state index is 0.127. The van der Waals surface area contributed by atoms with Gasteiger partial charge in [0.05, 0.1) is 0 Å². The van der Waals surface area contributed by atoms with Crippen molar-refractivity contribution in [3.05, 3.63) is 158 Å². The van der Waals surface area contributed by atoms with Gasteiger partial charge >= 0.3 is 17.9 Å². The molecule has 0 saturated carbocycles. The van der Waals surface area contributed by atoms with E-state index in [0.717, 1.165) is 128 Å². The van der Waals surface area contributed by atoms with Crippen molar-refractivity contribution in [3.8, 4) is 0 Å². The van der Waals surface area contributed by atoms with E-state index >= 15 is 0 Å². The van der Waals surface area contributed by atoms with Gasteiger partial charge < -0.3 is 14.2 Å². The summed E-state index contributed by atoms with van der Waals surface area (Å²) in [4.78, 5) is 38.1. The summed E-state index contributed by atoms with van der Waals surface area (Å²) >= 11 is 0. The molecule has 0 aliphatic heterocycles. The van der Waals surface area contributed by atoms with E-state index in [-0.39, 0.29) is 44.0 Å². The average Bonchev–Trinajstić information content (AvgIpc) is 3.36. The highest BCUT2D eigenvalue weighted by atomic mass is 16.6. The van der Waals surface area contributed by atoms with Gasteiger partial charge in [0.25, 0.3) is 0 Å². The smallest absolute Gasteiger partial charge is 0.306 e. The molecule has 0 spiro atoms. The van der Waals surface area contributed by atoms with Crippen LogP contribution in [0.2, 0.25) is 0 Å². The standard InChI is InChI=1S/C64H98O6/c1-4-7-10-13-16-19-22-25-28-30-32-34-36-39-42-45-48-51-54-57-63(66)69-60-61(59-68-62(65)56-53-50-47-44-41-38-27-24-21-18-15-12-9-6-3)70-64(67)58-55-52-49-46-43-40-37-35-33-31-29-26-23-20-17-14-11-8-5-2/h7-12,16-21,25-26,28-29,32-35,39-40,42-43,48,51,61H,4-6,13-15,22-24,27,30-31,36-38,41,44-47,49-50,52-60H2,1-3H3/b10-7-,11-8-,12-9-,19-16-,20-17-,21-18-,28-25-,29-26-,34-32-,35-33-,42-39-,43-40-,51-48-. The molecule has 0 heterocycles. The van der Waals surface area contributed by atoms with Crippen LogP contribution in [0, 0.1) is 0 Å². The van der Waals surface area contributed by atoms with Crippen molar-refractivity contribution in [1.29, 1.82) is 0 Å². The number of esters is 3. The van der Waals surface area contributed by atoms with Gasteiger partial charge in [-0.3, -0.25) is 14.4 Å². The fourth-order valence-electron chi connectivity index (χ4n) is 6.77. The Morgan fingerprint density at radius 3 is 0.900 bits per heavy atom. The quantitative estimate of drug-likeness (QED) is 0.0262. The van der Waals surface area contributed by atoms with E-state index in [0.29, 0.717) is 19.3 Å². The molecular weight excluding hydrogens is 865 g/mol. The average molecular weight is 963 g/mol. The van der Waals surface area contributed by atoms with E-state index in [1.54, 1.807) is 0 Å². The molecule has 70 heavy (non-hydrogen) atoms. The maximum atomic E-state index is 12.8. The van der Waals surface area contributed by atoms with E-state index in [2.05, 4.69) is 167 Å². The zero-order valence-electron chi connectivity index (χ0n) is 44.5. The van der Waals surface area contributed by atoms with Gasteiger partial charge in [0.15, 0.2) is 6.10 Å². The first-order chi connectivity index (χ1) is 34.5. The Hall–Kier alpha value is -4.97. The Morgan fingerprint density at radius 2 is 0.543 bits per heavy atom. The summed E-state index contributed by atoms with van der Waals surface area (Å²) in [6.07, 6.45) is 82.4. The monoisotopic (exact) mass is 963 g/mol. The van der Waals surface area contributed by atoms with Crippen LogP contribution in [0.4, 0.5) is 0 Å². The molecule has 6 heteroatoms. The minimum Gasteiger partial charge on any atom is -0.462 e. The Bertz CT molecular complexity index is 1620. The predicted molar refractivity (Wildman–Crippen MR) is 302 cm³/mol. The van der Waals surface area contributed by atoms with Crippen LogP contribution < -0.4 is 0 Å². The van der Waals surface area contributed by atoms with Crippen molar-refractivity contribution < 1.29 is 28.6 Å². The molecule has 0 aliphatic rings. The Labute approximate surface area is 429 Å². The highest BCUT2D eigenvalue weighted by Gasteiger charge is 2.19. The molecule has 0 fully saturated rings. The zero-order valence-corrected chi connectivity index (χ0v) is 44.5. The van der Waals surface area contributed by atoms with Crippen LogP contribution in [0.1, 0.15) is 207 Å². The molecule has 0 aliphatic carbocycles. The topological polar surface area (TPSA) is 78.9 Å². The first-order valence-electron chi connectivity index (χ1n) is 27.5. The van der Waals surface area contributed by atoms with Crippen molar-refractivity contribution >= 4 is 17.9 Å². The number of ether oxygens (including phenoxy) is 3. The van der Waals surface area contributed by atoms with Gasteiger partial charge in [0.2, 0.25) is 0 Å². The number of unbranched alkanes of at least 4 members (excludes halogenated alkanes) is 10. The molecule has 0 radical (unpaired) electrons. The second kappa shape index (κ2) is 56.6.